The Morgan fingerprint density at radius 2 is 1.67 bits per heavy atom. The molecule has 2 aromatic carbocycles. The van der Waals surface area contributed by atoms with Crippen LogP contribution in [0.2, 0.25) is 5.02 Å². The quantitative estimate of drug-likeness (QED) is 0.857. The van der Waals surface area contributed by atoms with E-state index in [1.807, 2.05) is 31.2 Å². The smallest absolute Gasteiger partial charge is 0.313 e. The molecule has 0 saturated carbocycles. The molecule has 0 aromatic heterocycles. The standard InChI is InChI=1S/C16H15ClN2O2/c1-11-4-2-3-5-12(11)10-18-15(20)16(21)19-14-8-6-13(17)7-9-14/h2-9H,10H2,1H3,(H,18,20)(H,19,21). The summed E-state index contributed by atoms with van der Waals surface area (Å²) in [5, 5.41) is 5.67. The minimum absolute atomic E-state index is 0.319. The fourth-order valence-corrected chi connectivity index (χ4v) is 1.91. The number of benzene rings is 2. The van der Waals surface area contributed by atoms with Crippen LogP contribution in [0.5, 0.6) is 0 Å². The molecule has 21 heavy (non-hydrogen) atoms. The Labute approximate surface area is 128 Å². The van der Waals surface area contributed by atoms with Crippen molar-refractivity contribution in [1.82, 2.24) is 5.32 Å². The molecule has 5 heteroatoms. The summed E-state index contributed by atoms with van der Waals surface area (Å²) in [5.41, 5.74) is 2.57. The minimum atomic E-state index is -0.703. The third kappa shape index (κ3) is 4.33. The average Bonchev–Trinajstić information content (AvgIpc) is 2.48. The van der Waals surface area contributed by atoms with Gasteiger partial charge in [0.1, 0.15) is 0 Å². The number of rotatable bonds is 3. The van der Waals surface area contributed by atoms with Gasteiger partial charge in [0.05, 0.1) is 0 Å². The van der Waals surface area contributed by atoms with E-state index in [0.717, 1.165) is 11.1 Å². The Morgan fingerprint density at radius 1 is 1.00 bits per heavy atom. The first-order valence-corrected chi connectivity index (χ1v) is 6.83. The summed E-state index contributed by atoms with van der Waals surface area (Å²) in [6.45, 7) is 2.27. The first kappa shape index (κ1) is 15.1. The molecule has 4 nitrogen and oxygen atoms in total. The van der Waals surface area contributed by atoms with Gasteiger partial charge in [-0.2, -0.15) is 0 Å². The predicted molar refractivity (Wildman–Crippen MR) is 83.1 cm³/mol. The maximum atomic E-state index is 11.7. The van der Waals surface area contributed by atoms with Crippen molar-refractivity contribution in [1.29, 1.82) is 0 Å². The van der Waals surface area contributed by atoms with Crippen LogP contribution >= 0.6 is 11.6 Å². The normalized spacial score (nSPS) is 10.0. The van der Waals surface area contributed by atoms with Crippen molar-refractivity contribution in [2.24, 2.45) is 0 Å². The predicted octanol–water partition coefficient (Wildman–Crippen LogP) is 2.90. The van der Waals surface area contributed by atoms with E-state index in [-0.39, 0.29) is 0 Å². The fraction of sp³-hybridized carbons (Fsp3) is 0.125. The van der Waals surface area contributed by atoms with Gasteiger partial charge in [-0.25, -0.2) is 0 Å². The van der Waals surface area contributed by atoms with E-state index in [0.29, 0.717) is 17.3 Å². The van der Waals surface area contributed by atoms with Crippen LogP contribution in [0.25, 0.3) is 0 Å². The number of halogens is 1. The molecule has 0 heterocycles. The van der Waals surface area contributed by atoms with Crippen LogP contribution in [-0.4, -0.2) is 11.8 Å². The molecule has 0 radical (unpaired) electrons. The number of hydrogen-bond donors (Lipinski definition) is 2. The highest BCUT2D eigenvalue weighted by Gasteiger charge is 2.13. The van der Waals surface area contributed by atoms with Crippen LogP contribution in [0.15, 0.2) is 48.5 Å². The van der Waals surface area contributed by atoms with Crippen molar-refractivity contribution in [3.8, 4) is 0 Å². The van der Waals surface area contributed by atoms with Gasteiger partial charge in [0.2, 0.25) is 0 Å². The third-order valence-electron chi connectivity index (χ3n) is 3.01. The number of aryl methyl sites for hydroxylation is 1. The molecule has 2 aromatic rings. The maximum Gasteiger partial charge on any atom is 0.313 e. The van der Waals surface area contributed by atoms with Gasteiger partial charge in [-0.05, 0) is 42.3 Å². The van der Waals surface area contributed by atoms with Crippen LogP contribution < -0.4 is 10.6 Å². The van der Waals surface area contributed by atoms with Crippen molar-refractivity contribution in [2.45, 2.75) is 13.5 Å². The topological polar surface area (TPSA) is 58.2 Å². The Hall–Kier alpha value is -2.33. The summed E-state index contributed by atoms with van der Waals surface area (Å²) in [6.07, 6.45) is 0. The zero-order valence-electron chi connectivity index (χ0n) is 11.5. The zero-order valence-corrected chi connectivity index (χ0v) is 12.3. The second kappa shape index (κ2) is 6.90. The van der Waals surface area contributed by atoms with Crippen molar-refractivity contribution in [3.05, 3.63) is 64.7 Å². The second-order valence-electron chi connectivity index (χ2n) is 4.57. The van der Waals surface area contributed by atoms with Gasteiger partial charge >= 0.3 is 11.8 Å². The number of hydrogen-bond acceptors (Lipinski definition) is 2. The lowest BCUT2D eigenvalue weighted by molar-refractivity contribution is -0.136. The second-order valence-corrected chi connectivity index (χ2v) is 5.01. The summed E-state index contributed by atoms with van der Waals surface area (Å²) in [4.78, 5) is 23.5. The maximum absolute atomic E-state index is 11.7. The summed E-state index contributed by atoms with van der Waals surface area (Å²) >= 11 is 5.75. The first-order chi connectivity index (χ1) is 10.1. The Balaban J connectivity index is 1.90. The van der Waals surface area contributed by atoms with E-state index in [4.69, 9.17) is 11.6 Å². The molecule has 0 atom stereocenters. The molecule has 0 aliphatic heterocycles. The van der Waals surface area contributed by atoms with Crippen LogP contribution in [0.3, 0.4) is 0 Å². The number of carbonyl (C=O) groups excluding carboxylic acids is 2. The van der Waals surface area contributed by atoms with Crippen molar-refractivity contribution in [3.63, 3.8) is 0 Å². The van der Waals surface area contributed by atoms with Gasteiger partial charge in [-0.1, -0.05) is 35.9 Å². The third-order valence-corrected chi connectivity index (χ3v) is 3.26. The van der Waals surface area contributed by atoms with E-state index in [9.17, 15) is 9.59 Å². The molecule has 0 unspecified atom stereocenters. The van der Waals surface area contributed by atoms with Gasteiger partial charge < -0.3 is 10.6 Å². The molecule has 0 saturated heterocycles. The van der Waals surface area contributed by atoms with Crippen molar-refractivity contribution >= 4 is 29.1 Å². The average molecular weight is 303 g/mol. The van der Waals surface area contributed by atoms with Gasteiger partial charge in [0, 0.05) is 17.3 Å². The van der Waals surface area contributed by atoms with Crippen molar-refractivity contribution < 1.29 is 9.59 Å². The van der Waals surface area contributed by atoms with E-state index in [1.165, 1.54) is 0 Å². The lowest BCUT2D eigenvalue weighted by Crippen LogP contribution is -2.35. The number of carbonyl (C=O) groups is 2. The SMILES string of the molecule is Cc1ccccc1CNC(=O)C(=O)Nc1ccc(Cl)cc1. The van der Waals surface area contributed by atoms with Crippen LogP contribution in [0.4, 0.5) is 5.69 Å². The lowest BCUT2D eigenvalue weighted by Gasteiger charge is -2.08. The van der Waals surface area contributed by atoms with Gasteiger partial charge in [0.15, 0.2) is 0 Å². The summed E-state index contributed by atoms with van der Waals surface area (Å²) in [7, 11) is 0. The molecule has 2 N–H and O–H groups in total. The lowest BCUT2D eigenvalue weighted by atomic mass is 10.1. The molecule has 0 bridgehead atoms. The largest absolute Gasteiger partial charge is 0.344 e. The molecular weight excluding hydrogens is 288 g/mol. The van der Waals surface area contributed by atoms with E-state index in [2.05, 4.69) is 10.6 Å². The molecule has 0 aliphatic rings. The summed E-state index contributed by atoms with van der Waals surface area (Å²) in [5.74, 6) is -1.38. The first-order valence-electron chi connectivity index (χ1n) is 6.45. The highest BCUT2D eigenvalue weighted by Crippen LogP contribution is 2.13. The highest BCUT2D eigenvalue weighted by molar-refractivity contribution is 6.39. The van der Waals surface area contributed by atoms with Gasteiger partial charge in [-0.3, -0.25) is 9.59 Å². The zero-order chi connectivity index (χ0) is 15.2. The van der Waals surface area contributed by atoms with Crippen molar-refractivity contribution in [2.75, 3.05) is 5.32 Å². The van der Waals surface area contributed by atoms with Crippen LogP contribution in [-0.2, 0) is 16.1 Å². The molecule has 0 spiro atoms. The van der Waals surface area contributed by atoms with E-state index >= 15 is 0 Å². The number of nitrogens with one attached hydrogen (secondary N) is 2. The molecule has 2 rings (SSSR count). The Bertz CT molecular complexity index is 654. The highest BCUT2D eigenvalue weighted by atomic mass is 35.5. The fourth-order valence-electron chi connectivity index (χ4n) is 1.79. The molecular formula is C16H15ClN2O2. The van der Waals surface area contributed by atoms with Gasteiger partial charge in [-0.15, -0.1) is 0 Å². The monoisotopic (exact) mass is 302 g/mol. The van der Waals surface area contributed by atoms with Crippen LogP contribution in [0.1, 0.15) is 11.1 Å². The Morgan fingerprint density at radius 3 is 2.33 bits per heavy atom. The molecule has 2 amide bonds. The van der Waals surface area contributed by atoms with Gasteiger partial charge in [0.25, 0.3) is 0 Å². The summed E-state index contributed by atoms with van der Waals surface area (Å²) < 4.78 is 0. The summed E-state index contributed by atoms with van der Waals surface area (Å²) in [6, 6.07) is 14.2. The number of amides is 2. The molecule has 0 aliphatic carbocycles. The van der Waals surface area contributed by atoms with E-state index in [1.54, 1.807) is 24.3 Å². The van der Waals surface area contributed by atoms with Crippen LogP contribution in [0, 0.1) is 6.92 Å². The molecule has 0 fully saturated rings. The minimum Gasteiger partial charge on any atom is -0.344 e. The molecule has 108 valence electrons. The van der Waals surface area contributed by atoms with E-state index < -0.39 is 11.8 Å². The Kier molecular flexibility index (Phi) is 4.95. The number of anilines is 1.